The number of nitrogens with zero attached hydrogens (tertiary/aromatic N) is 5. The Morgan fingerprint density at radius 3 is 2.55 bits per heavy atom. The van der Waals surface area contributed by atoms with E-state index in [0.29, 0.717) is 30.6 Å². The van der Waals surface area contributed by atoms with Crippen LogP contribution in [0.25, 0.3) is 10.9 Å². The second kappa shape index (κ2) is 12.1. The van der Waals surface area contributed by atoms with Gasteiger partial charge in [-0.15, -0.1) is 5.10 Å². The molecule has 0 aliphatic carbocycles. The van der Waals surface area contributed by atoms with E-state index < -0.39 is 12.0 Å². The number of hydrogen-bond donors (Lipinski definition) is 3. The fourth-order valence-electron chi connectivity index (χ4n) is 4.79. The molecule has 0 saturated heterocycles. The minimum atomic E-state index is -0.860. The molecule has 0 fully saturated rings. The minimum absolute atomic E-state index is 0.0379. The van der Waals surface area contributed by atoms with Crippen LogP contribution in [0.3, 0.4) is 0 Å². The van der Waals surface area contributed by atoms with Crippen LogP contribution >= 0.6 is 0 Å². The molecule has 3 N–H and O–H groups in total. The Balaban J connectivity index is 1.64. The summed E-state index contributed by atoms with van der Waals surface area (Å²) >= 11 is 0. The molecule has 0 spiro atoms. The molecular formula is C29H35N7O4. The van der Waals surface area contributed by atoms with Gasteiger partial charge in [0.25, 0.3) is 5.91 Å². The Kier molecular flexibility index (Phi) is 8.61. The van der Waals surface area contributed by atoms with Gasteiger partial charge in [0.2, 0.25) is 5.91 Å². The average molecular weight is 546 g/mol. The first-order chi connectivity index (χ1) is 19.1. The molecule has 0 aliphatic heterocycles. The van der Waals surface area contributed by atoms with Crippen molar-refractivity contribution in [2.45, 2.75) is 65.5 Å². The van der Waals surface area contributed by atoms with Gasteiger partial charge in [0.1, 0.15) is 6.04 Å². The third kappa shape index (κ3) is 6.19. The molecule has 0 saturated carbocycles. The van der Waals surface area contributed by atoms with Crippen LogP contribution in [-0.4, -0.2) is 54.7 Å². The van der Waals surface area contributed by atoms with Gasteiger partial charge in [0, 0.05) is 47.7 Å². The molecule has 0 bridgehead atoms. The first-order valence-corrected chi connectivity index (χ1v) is 13.3. The third-order valence-corrected chi connectivity index (χ3v) is 7.00. The topological polar surface area (TPSA) is 144 Å². The predicted molar refractivity (Wildman–Crippen MR) is 151 cm³/mol. The number of rotatable bonds is 11. The van der Waals surface area contributed by atoms with E-state index in [2.05, 4.69) is 26.2 Å². The SMILES string of the molecule is CNC(=O)c1ccc2c(C)cn(C(C)C(=O)Nc3cc(Cn4nnnc4C(C)C)ccc3CCCC(=O)O)c2c1. The van der Waals surface area contributed by atoms with Crippen molar-refractivity contribution in [3.05, 3.63) is 70.7 Å². The molecular weight excluding hydrogens is 510 g/mol. The van der Waals surface area contributed by atoms with Gasteiger partial charge in [-0.2, -0.15) is 0 Å². The maximum Gasteiger partial charge on any atom is 0.303 e. The van der Waals surface area contributed by atoms with Crippen LogP contribution in [0.4, 0.5) is 5.69 Å². The van der Waals surface area contributed by atoms with E-state index in [9.17, 15) is 14.4 Å². The van der Waals surface area contributed by atoms with Crippen molar-refractivity contribution in [2.75, 3.05) is 12.4 Å². The summed E-state index contributed by atoms with van der Waals surface area (Å²) < 4.78 is 3.60. The fourth-order valence-corrected chi connectivity index (χ4v) is 4.79. The molecule has 4 rings (SSSR count). The number of aryl methyl sites for hydroxylation is 2. The summed E-state index contributed by atoms with van der Waals surface area (Å²) in [7, 11) is 1.58. The summed E-state index contributed by atoms with van der Waals surface area (Å²) in [5.74, 6) is -0.383. The monoisotopic (exact) mass is 545 g/mol. The van der Waals surface area contributed by atoms with Gasteiger partial charge in [0.05, 0.1) is 6.54 Å². The van der Waals surface area contributed by atoms with Gasteiger partial charge in [-0.3, -0.25) is 14.4 Å². The van der Waals surface area contributed by atoms with E-state index in [0.717, 1.165) is 33.4 Å². The maximum absolute atomic E-state index is 13.6. The highest BCUT2D eigenvalue weighted by Crippen LogP contribution is 2.28. The van der Waals surface area contributed by atoms with E-state index in [-0.39, 0.29) is 24.2 Å². The molecule has 210 valence electrons. The predicted octanol–water partition coefficient (Wildman–Crippen LogP) is 4.07. The number of nitrogens with one attached hydrogen (secondary N) is 2. The van der Waals surface area contributed by atoms with E-state index in [4.69, 9.17) is 5.11 Å². The lowest BCUT2D eigenvalue weighted by atomic mass is 10.0. The van der Waals surface area contributed by atoms with Crippen molar-refractivity contribution < 1.29 is 19.5 Å². The molecule has 2 heterocycles. The first kappa shape index (κ1) is 28.5. The highest BCUT2D eigenvalue weighted by atomic mass is 16.4. The number of amides is 2. The second-order valence-corrected chi connectivity index (χ2v) is 10.3. The van der Waals surface area contributed by atoms with Gasteiger partial charge in [-0.25, -0.2) is 4.68 Å². The number of fused-ring (bicyclic) bond motifs is 1. The standard InChI is InChI=1S/C29H35N7O4/c1-17(2)27-32-33-34-36(27)16-20-9-10-21(7-6-8-26(37)38)24(13-20)31-28(39)19(4)35-15-18(3)23-12-11-22(14-25(23)35)29(40)30-5/h9-15,17,19H,6-8,16H2,1-5H3,(H,30,40)(H,31,39)(H,37,38). The zero-order valence-corrected chi connectivity index (χ0v) is 23.4. The van der Waals surface area contributed by atoms with Crippen LogP contribution in [0, 0.1) is 6.92 Å². The van der Waals surface area contributed by atoms with Crippen molar-refractivity contribution in [1.29, 1.82) is 0 Å². The highest BCUT2D eigenvalue weighted by molar-refractivity contribution is 6.00. The molecule has 1 atom stereocenters. The lowest BCUT2D eigenvalue weighted by molar-refractivity contribution is -0.137. The second-order valence-electron chi connectivity index (χ2n) is 10.3. The molecule has 0 radical (unpaired) electrons. The minimum Gasteiger partial charge on any atom is -0.481 e. The van der Waals surface area contributed by atoms with Crippen LogP contribution < -0.4 is 10.6 Å². The summed E-state index contributed by atoms with van der Waals surface area (Å²) in [4.78, 5) is 36.9. The number of carbonyl (C=O) groups is 3. The lowest BCUT2D eigenvalue weighted by Gasteiger charge is -2.18. The number of carboxylic acid groups (broad SMARTS) is 1. The summed E-state index contributed by atoms with van der Waals surface area (Å²) in [5.41, 5.74) is 4.67. The van der Waals surface area contributed by atoms with Crippen LogP contribution in [0.15, 0.2) is 42.6 Å². The van der Waals surface area contributed by atoms with Gasteiger partial charge >= 0.3 is 5.97 Å². The lowest BCUT2D eigenvalue weighted by Crippen LogP contribution is -2.24. The number of tetrazole rings is 1. The van der Waals surface area contributed by atoms with Gasteiger partial charge < -0.3 is 20.3 Å². The third-order valence-electron chi connectivity index (χ3n) is 7.00. The van der Waals surface area contributed by atoms with Crippen LogP contribution in [0.1, 0.15) is 78.4 Å². The summed E-state index contributed by atoms with van der Waals surface area (Å²) in [6.45, 7) is 8.25. The Labute approximate surface area is 232 Å². The van der Waals surface area contributed by atoms with Crippen molar-refractivity contribution >= 4 is 34.4 Å². The molecule has 1 unspecified atom stereocenters. The molecule has 40 heavy (non-hydrogen) atoms. The Morgan fingerprint density at radius 2 is 1.85 bits per heavy atom. The number of anilines is 1. The largest absolute Gasteiger partial charge is 0.481 e. The van der Waals surface area contributed by atoms with Crippen LogP contribution in [0.5, 0.6) is 0 Å². The van der Waals surface area contributed by atoms with Crippen molar-refractivity contribution in [3.8, 4) is 0 Å². The number of aromatic nitrogens is 5. The van der Waals surface area contributed by atoms with Gasteiger partial charge in [-0.05, 0) is 72.0 Å². The molecule has 11 nitrogen and oxygen atoms in total. The highest BCUT2D eigenvalue weighted by Gasteiger charge is 2.21. The summed E-state index contributed by atoms with van der Waals surface area (Å²) in [5, 5.41) is 27.8. The van der Waals surface area contributed by atoms with Gasteiger partial charge in [-0.1, -0.05) is 32.0 Å². The van der Waals surface area contributed by atoms with Crippen molar-refractivity contribution in [3.63, 3.8) is 0 Å². The van der Waals surface area contributed by atoms with E-state index in [1.54, 1.807) is 23.9 Å². The van der Waals surface area contributed by atoms with E-state index >= 15 is 0 Å². The summed E-state index contributed by atoms with van der Waals surface area (Å²) in [6, 6.07) is 10.6. The van der Waals surface area contributed by atoms with E-state index in [1.165, 1.54) is 0 Å². The zero-order chi connectivity index (χ0) is 29.0. The first-order valence-electron chi connectivity index (χ1n) is 13.3. The van der Waals surface area contributed by atoms with Crippen LogP contribution in [0.2, 0.25) is 0 Å². The number of benzene rings is 2. The molecule has 0 aliphatic rings. The quantitative estimate of drug-likeness (QED) is 0.258. The molecule has 2 aromatic heterocycles. The zero-order valence-electron chi connectivity index (χ0n) is 23.4. The van der Waals surface area contributed by atoms with Gasteiger partial charge in [0.15, 0.2) is 5.82 Å². The maximum atomic E-state index is 13.6. The normalized spacial score (nSPS) is 12.1. The average Bonchev–Trinajstić information content (AvgIpc) is 3.52. The van der Waals surface area contributed by atoms with Crippen molar-refractivity contribution in [2.24, 2.45) is 0 Å². The smallest absolute Gasteiger partial charge is 0.303 e. The number of aliphatic carboxylic acids is 1. The number of carboxylic acids is 1. The Bertz CT molecular complexity index is 1550. The Hall–Kier alpha value is -4.54. The molecule has 11 heteroatoms. The fraction of sp³-hybridized carbons (Fsp3) is 0.379. The molecule has 2 amide bonds. The number of carbonyl (C=O) groups excluding carboxylic acids is 2. The summed E-state index contributed by atoms with van der Waals surface area (Å²) in [6.07, 6.45) is 2.90. The van der Waals surface area contributed by atoms with E-state index in [1.807, 2.05) is 62.7 Å². The Morgan fingerprint density at radius 1 is 1.07 bits per heavy atom. The number of hydrogen-bond acceptors (Lipinski definition) is 6. The molecule has 4 aromatic rings. The molecule has 2 aromatic carbocycles. The van der Waals surface area contributed by atoms with Crippen LogP contribution in [-0.2, 0) is 22.6 Å². The van der Waals surface area contributed by atoms with Crippen molar-refractivity contribution in [1.82, 2.24) is 30.1 Å².